The van der Waals surface area contributed by atoms with Crippen LogP contribution < -0.4 is 10.6 Å². The van der Waals surface area contributed by atoms with Crippen molar-refractivity contribution >= 4 is 39.2 Å². The van der Waals surface area contributed by atoms with Gasteiger partial charge in [0.2, 0.25) is 15.9 Å². The molecule has 176 valence electrons. The van der Waals surface area contributed by atoms with Gasteiger partial charge in [-0.1, -0.05) is 12.5 Å². The van der Waals surface area contributed by atoms with E-state index >= 15 is 0 Å². The molecule has 0 aliphatic carbocycles. The first-order chi connectivity index (χ1) is 15.7. The molecule has 2 N–H and O–H groups in total. The highest BCUT2D eigenvalue weighted by Gasteiger charge is 2.27. The molecule has 10 heteroatoms. The molecule has 0 aromatic heterocycles. The number of sulfonamides is 1. The van der Waals surface area contributed by atoms with Gasteiger partial charge in [0.15, 0.2) is 6.10 Å². The Morgan fingerprint density at radius 3 is 2.15 bits per heavy atom. The van der Waals surface area contributed by atoms with E-state index in [1.165, 1.54) is 42.4 Å². The smallest absolute Gasteiger partial charge is 0.338 e. The number of rotatable bonds is 7. The Balaban J connectivity index is 1.62. The Morgan fingerprint density at radius 1 is 0.939 bits per heavy atom. The first kappa shape index (κ1) is 24.4. The number of hydrogen-bond donors (Lipinski definition) is 2. The van der Waals surface area contributed by atoms with Crippen molar-refractivity contribution in [3.05, 3.63) is 54.1 Å². The fourth-order valence-corrected chi connectivity index (χ4v) is 4.97. The number of ether oxygens (including phenoxy) is 1. The zero-order valence-corrected chi connectivity index (χ0v) is 19.4. The van der Waals surface area contributed by atoms with Crippen LogP contribution in [0.25, 0.3) is 0 Å². The summed E-state index contributed by atoms with van der Waals surface area (Å²) in [6, 6.07) is 12.1. The predicted octanol–water partition coefficient (Wildman–Crippen LogP) is 3.00. The van der Waals surface area contributed by atoms with Crippen LogP contribution in [0, 0.1) is 0 Å². The Kier molecular flexibility index (Phi) is 7.83. The molecule has 1 aliphatic heterocycles. The fourth-order valence-electron chi connectivity index (χ4n) is 3.40. The average molecular weight is 474 g/mol. The van der Waals surface area contributed by atoms with Gasteiger partial charge in [0.1, 0.15) is 0 Å². The van der Waals surface area contributed by atoms with E-state index in [4.69, 9.17) is 4.74 Å². The van der Waals surface area contributed by atoms with E-state index in [0.29, 0.717) is 24.5 Å². The van der Waals surface area contributed by atoms with E-state index in [9.17, 15) is 22.8 Å². The van der Waals surface area contributed by atoms with Gasteiger partial charge in [0, 0.05) is 31.4 Å². The van der Waals surface area contributed by atoms with Gasteiger partial charge in [0.05, 0.1) is 10.5 Å². The summed E-state index contributed by atoms with van der Waals surface area (Å²) >= 11 is 0. The molecule has 2 amide bonds. The molecule has 0 spiro atoms. The summed E-state index contributed by atoms with van der Waals surface area (Å²) in [5, 5.41) is 5.25. The molecule has 33 heavy (non-hydrogen) atoms. The lowest BCUT2D eigenvalue weighted by atomic mass is 10.2. The van der Waals surface area contributed by atoms with Crippen molar-refractivity contribution in [2.24, 2.45) is 0 Å². The molecule has 1 aliphatic rings. The quantitative estimate of drug-likeness (QED) is 0.596. The van der Waals surface area contributed by atoms with Crippen molar-refractivity contribution < 1.29 is 27.5 Å². The minimum Gasteiger partial charge on any atom is -0.449 e. The molecule has 2 aromatic carbocycles. The minimum absolute atomic E-state index is 0.0233. The predicted molar refractivity (Wildman–Crippen MR) is 123 cm³/mol. The van der Waals surface area contributed by atoms with Gasteiger partial charge in [0.25, 0.3) is 5.91 Å². The van der Waals surface area contributed by atoms with Crippen LogP contribution in [0.15, 0.2) is 53.4 Å². The average Bonchev–Trinajstić information content (AvgIpc) is 2.80. The summed E-state index contributed by atoms with van der Waals surface area (Å²) in [6.07, 6.45) is 1.50. The molecule has 1 atom stereocenters. The normalized spacial score (nSPS) is 15.3. The standard InChI is InChI=1S/C23H27N3O6S/c1-16(22(28)25-20-11-9-19(10-12-20)24-17(2)27)32-23(29)18-7-6-8-21(15-18)33(30,31)26-13-4-3-5-14-26/h6-12,15-16H,3-5,13-14H2,1-2H3,(H,24,27)(H,25,28)/t16-/m1/s1. The summed E-state index contributed by atoms with van der Waals surface area (Å²) in [4.78, 5) is 36.1. The van der Waals surface area contributed by atoms with Crippen LogP contribution in [0.4, 0.5) is 11.4 Å². The molecule has 1 saturated heterocycles. The van der Waals surface area contributed by atoms with Crippen molar-refractivity contribution in [2.45, 2.75) is 44.1 Å². The topological polar surface area (TPSA) is 122 Å². The molecule has 0 unspecified atom stereocenters. The van der Waals surface area contributed by atoms with Crippen LogP contribution in [0.2, 0.25) is 0 Å². The molecule has 0 bridgehead atoms. The van der Waals surface area contributed by atoms with Gasteiger partial charge in [-0.3, -0.25) is 9.59 Å². The molecule has 2 aromatic rings. The van der Waals surface area contributed by atoms with Crippen molar-refractivity contribution in [3.63, 3.8) is 0 Å². The first-order valence-corrected chi connectivity index (χ1v) is 12.1. The van der Waals surface area contributed by atoms with Crippen LogP contribution in [-0.2, 0) is 24.3 Å². The van der Waals surface area contributed by atoms with Crippen molar-refractivity contribution in [1.82, 2.24) is 4.31 Å². The molecule has 9 nitrogen and oxygen atoms in total. The van der Waals surface area contributed by atoms with Gasteiger partial charge < -0.3 is 15.4 Å². The van der Waals surface area contributed by atoms with Crippen LogP contribution in [-0.4, -0.2) is 49.7 Å². The number of carbonyl (C=O) groups is 3. The number of hydrogen-bond acceptors (Lipinski definition) is 6. The van der Waals surface area contributed by atoms with Gasteiger partial charge in [-0.2, -0.15) is 4.31 Å². The summed E-state index contributed by atoms with van der Waals surface area (Å²) in [7, 11) is -3.69. The lowest BCUT2D eigenvalue weighted by Gasteiger charge is -2.26. The third kappa shape index (κ3) is 6.39. The van der Waals surface area contributed by atoms with Crippen molar-refractivity contribution in [1.29, 1.82) is 0 Å². The summed E-state index contributed by atoms with van der Waals surface area (Å²) in [5.74, 6) is -1.55. The Morgan fingerprint density at radius 2 is 1.55 bits per heavy atom. The largest absolute Gasteiger partial charge is 0.449 e. The van der Waals surface area contributed by atoms with E-state index in [1.807, 2.05) is 0 Å². The van der Waals surface area contributed by atoms with Crippen LogP contribution >= 0.6 is 0 Å². The second kappa shape index (κ2) is 10.6. The highest BCUT2D eigenvalue weighted by atomic mass is 32.2. The number of esters is 1. The molecule has 1 fully saturated rings. The Bertz CT molecular complexity index is 1130. The van der Waals surface area contributed by atoms with E-state index < -0.39 is 28.0 Å². The highest BCUT2D eigenvalue weighted by molar-refractivity contribution is 7.89. The second-order valence-corrected chi connectivity index (χ2v) is 9.73. The summed E-state index contributed by atoms with van der Waals surface area (Å²) in [6.45, 7) is 3.73. The maximum atomic E-state index is 12.9. The maximum absolute atomic E-state index is 12.9. The van der Waals surface area contributed by atoms with E-state index in [0.717, 1.165) is 19.3 Å². The van der Waals surface area contributed by atoms with Crippen molar-refractivity contribution in [2.75, 3.05) is 23.7 Å². The number of nitrogens with zero attached hydrogens (tertiary/aromatic N) is 1. The monoisotopic (exact) mass is 473 g/mol. The summed E-state index contributed by atoms with van der Waals surface area (Å²) < 4.78 is 32.4. The molecular weight excluding hydrogens is 446 g/mol. The molecule has 1 heterocycles. The third-order valence-electron chi connectivity index (χ3n) is 5.15. The lowest BCUT2D eigenvalue weighted by molar-refractivity contribution is -0.123. The number of carbonyl (C=O) groups excluding carboxylic acids is 3. The molecule has 3 rings (SSSR count). The number of piperidine rings is 1. The van der Waals surface area contributed by atoms with Gasteiger partial charge in [-0.25, -0.2) is 13.2 Å². The zero-order chi connectivity index (χ0) is 24.0. The van der Waals surface area contributed by atoms with E-state index in [2.05, 4.69) is 10.6 Å². The maximum Gasteiger partial charge on any atom is 0.338 e. The van der Waals surface area contributed by atoms with E-state index in [1.54, 1.807) is 24.3 Å². The number of amides is 2. The first-order valence-electron chi connectivity index (χ1n) is 10.7. The van der Waals surface area contributed by atoms with Gasteiger partial charge in [-0.15, -0.1) is 0 Å². The highest BCUT2D eigenvalue weighted by Crippen LogP contribution is 2.22. The third-order valence-corrected chi connectivity index (χ3v) is 7.04. The Labute approximate surface area is 193 Å². The fraction of sp³-hybridized carbons (Fsp3) is 0.348. The van der Waals surface area contributed by atoms with Gasteiger partial charge >= 0.3 is 5.97 Å². The van der Waals surface area contributed by atoms with Crippen LogP contribution in [0.1, 0.15) is 43.5 Å². The number of nitrogens with one attached hydrogen (secondary N) is 2. The number of benzene rings is 2. The molecular formula is C23H27N3O6S. The van der Waals surface area contributed by atoms with Crippen molar-refractivity contribution in [3.8, 4) is 0 Å². The number of anilines is 2. The minimum atomic E-state index is -3.69. The van der Waals surface area contributed by atoms with Crippen LogP contribution in [0.5, 0.6) is 0 Å². The van der Waals surface area contributed by atoms with E-state index in [-0.39, 0.29) is 16.4 Å². The van der Waals surface area contributed by atoms with Crippen LogP contribution in [0.3, 0.4) is 0 Å². The zero-order valence-electron chi connectivity index (χ0n) is 18.5. The lowest BCUT2D eigenvalue weighted by Crippen LogP contribution is -2.35. The molecule has 0 saturated carbocycles. The second-order valence-electron chi connectivity index (χ2n) is 7.79. The van der Waals surface area contributed by atoms with Gasteiger partial charge in [-0.05, 0) is 62.2 Å². The Hall–Kier alpha value is -3.24. The molecule has 0 radical (unpaired) electrons. The summed E-state index contributed by atoms with van der Waals surface area (Å²) in [5.41, 5.74) is 1.10. The SMILES string of the molecule is CC(=O)Nc1ccc(NC(=O)[C@@H](C)OC(=O)c2cccc(S(=O)(=O)N3CCCCC3)c2)cc1.